The summed E-state index contributed by atoms with van der Waals surface area (Å²) in [5, 5.41) is 13.2. The lowest BCUT2D eigenvalue weighted by Gasteiger charge is -2.22. The van der Waals surface area contributed by atoms with Crippen molar-refractivity contribution in [3.63, 3.8) is 0 Å². The van der Waals surface area contributed by atoms with Crippen LogP contribution < -0.4 is 5.32 Å². The molecule has 1 aromatic carbocycles. The highest BCUT2D eigenvalue weighted by Crippen LogP contribution is 2.31. The van der Waals surface area contributed by atoms with Gasteiger partial charge < -0.3 is 10.4 Å². The molecular formula is C15H21ClFNO. The molecule has 0 heterocycles. The smallest absolute Gasteiger partial charge is 0.124 e. The van der Waals surface area contributed by atoms with Crippen molar-refractivity contribution < 1.29 is 9.50 Å². The lowest BCUT2D eigenvalue weighted by molar-refractivity contribution is 0.190. The van der Waals surface area contributed by atoms with Gasteiger partial charge in [0.15, 0.2) is 0 Å². The first-order valence-electron chi connectivity index (χ1n) is 6.91. The molecule has 3 atom stereocenters. The van der Waals surface area contributed by atoms with E-state index >= 15 is 0 Å². The molecule has 0 radical (unpaired) electrons. The number of aliphatic hydroxyl groups is 1. The Morgan fingerprint density at radius 2 is 2.16 bits per heavy atom. The largest absolute Gasteiger partial charge is 0.396 e. The number of halogens is 2. The molecule has 0 bridgehead atoms. The standard InChI is InChI=1S/C15H21ClFNO/c1-10(14-6-5-13(17)7-15(14)16)18-8-11-3-2-4-12(11)9-19/h5-7,10-12,18-19H,2-4,8-9H2,1H3. The van der Waals surface area contributed by atoms with E-state index in [0.717, 1.165) is 18.5 Å². The molecular weight excluding hydrogens is 265 g/mol. The molecule has 19 heavy (non-hydrogen) atoms. The van der Waals surface area contributed by atoms with Gasteiger partial charge in [-0.15, -0.1) is 0 Å². The topological polar surface area (TPSA) is 32.3 Å². The quantitative estimate of drug-likeness (QED) is 0.867. The summed E-state index contributed by atoms with van der Waals surface area (Å²) in [7, 11) is 0. The molecule has 0 amide bonds. The van der Waals surface area contributed by atoms with Crippen LogP contribution in [0.4, 0.5) is 4.39 Å². The van der Waals surface area contributed by atoms with Crippen LogP contribution in [0, 0.1) is 17.7 Å². The van der Waals surface area contributed by atoms with Crippen molar-refractivity contribution in [3.8, 4) is 0 Å². The fourth-order valence-electron chi connectivity index (χ4n) is 2.91. The number of rotatable bonds is 5. The highest BCUT2D eigenvalue weighted by Gasteiger charge is 2.26. The molecule has 1 aliphatic rings. The Morgan fingerprint density at radius 1 is 1.42 bits per heavy atom. The van der Waals surface area contributed by atoms with Gasteiger partial charge in [0.25, 0.3) is 0 Å². The van der Waals surface area contributed by atoms with Crippen molar-refractivity contribution in [2.75, 3.05) is 13.2 Å². The Morgan fingerprint density at radius 3 is 2.84 bits per heavy atom. The van der Waals surface area contributed by atoms with Gasteiger partial charge in [-0.05, 0) is 55.8 Å². The van der Waals surface area contributed by atoms with Gasteiger partial charge in [0.05, 0.1) is 0 Å². The van der Waals surface area contributed by atoms with Crippen LogP contribution in [0.1, 0.15) is 37.8 Å². The molecule has 1 aliphatic carbocycles. The summed E-state index contributed by atoms with van der Waals surface area (Å²) in [5.74, 6) is 0.646. The van der Waals surface area contributed by atoms with Gasteiger partial charge in [0.1, 0.15) is 5.82 Å². The van der Waals surface area contributed by atoms with Crippen molar-refractivity contribution in [1.29, 1.82) is 0 Å². The third-order valence-electron chi connectivity index (χ3n) is 4.17. The van der Waals surface area contributed by atoms with Crippen LogP contribution in [0.2, 0.25) is 5.02 Å². The first-order valence-corrected chi connectivity index (χ1v) is 7.28. The first kappa shape index (κ1) is 14.8. The van der Waals surface area contributed by atoms with Crippen molar-refractivity contribution in [2.24, 2.45) is 11.8 Å². The molecule has 1 fully saturated rings. The predicted molar refractivity (Wildman–Crippen MR) is 75.7 cm³/mol. The molecule has 2 nitrogen and oxygen atoms in total. The van der Waals surface area contributed by atoms with Gasteiger partial charge in [-0.1, -0.05) is 24.1 Å². The van der Waals surface area contributed by atoms with Crippen LogP contribution in [0.25, 0.3) is 0 Å². The molecule has 0 saturated heterocycles. The molecule has 1 aromatic rings. The number of aliphatic hydroxyl groups excluding tert-OH is 1. The van der Waals surface area contributed by atoms with E-state index in [1.165, 1.54) is 25.0 Å². The summed E-state index contributed by atoms with van der Waals surface area (Å²) in [5.41, 5.74) is 0.918. The Bertz CT molecular complexity index is 427. The second kappa shape index (κ2) is 6.69. The van der Waals surface area contributed by atoms with Crippen molar-refractivity contribution in [3.05, 3.63) is 34.6 Å². The molecule has 0 spiro atoms. The Labute approximate surface area is 119 Å². The van der Waals surface area contributed by atoms with E-state index in [2.05, 4.69) is 5.32 Å². The average molecular weight is 286 g/mol. The molecule has 106 valence electrons. The number of hydrogen-bond acceptors (Lipinski definition) is 2. The van der Waals surface area contributed by atoms with Crippen LogP contribution in [-0.2, 0) is 0 Å². The van der Waals surface area contributed by atoms with E-state index in [-0.39, 0.29) is 18.5 Å². The minimum atomic E-state index is -0.308. The van der Waals surface area contributed by atoms with Crippen LogP contribution >= 0.6 is 11.6 Å². The second-order valence-corrected chi connectivity index (χ2v) is 5.84. The molecule has 0 aromatic heterocycles. The van der Waals surface area contributed by atoms with E-state index in [9.17, 15) is 9.50 Å². The first-order chi connectivity index (χ1) is 9.11. The Balaban J connectivity index is 1.92. The van der Waals surface area contributed by atoms with Crippen LogP contribution in [0.5, 0.6) is 0 Å². The number of nitrogens with one attached hydrogen (secondary N) is 1. The maximum Gasteiger partial charge on any atom is 0.124 e. The van der Waals surface area contributed by atoms with E-state index in [1.807, 2.05) is 6.92 Å². The van der Waals surface area contributed by atoms with Gasteiger partial charge in [-0.3, -0.25) is 0 Å². The van der Waals surface area contributed by atoms with Crippen molar-refractivity contribution in [1.82, 2.24) is 5.32 Å². The van der Waals surface area contributed by atoms with Crippen LogP contribution in [0.15, 0.2) is 18.2 Å². The fourth-order valence-corrected chi connectivity index (χ4v) is 3.24. The molecule has 2 rings (SSSR count). The third-order valence-corrected chi connectivity index (χ3v) is 4.49. The lowest BCUT2D eigenvalue weighted by atomic mass is 9.96. The number of hydrogen-bond donors (Lipinski definition) is 2. The summed E-state index contributed by atoms with van der Waals surface area (Å²) in [4.78, 5) is 0. The number of benzene rings is 1. The van der Waals surface area contributed by atoms with E-state index in [0.29, 0.717) is 16.9 Å². The average Bonchev–Trinajstić information content (AvgIpc) is 2.83. The fraction of sp³-hybridized carbons (Fsp3) is 0.600. The Hall–Kier alpha value is -0.640. The van der Waals surface area contributed by atoms with Gasteiger partial charge in [-0.25, -0.2) is 4.39 Å². The lowest BCUT2D eigenvalue weighted by Crippen LogP contribution is -2.29. The zero-order valence-electron chi connectivity index (χ0n) is 11.2. The Kier molecular flexibility index (Phi) is 5.20. The summed E-state index contributed by atoms with van der Waals surface area (Å²) in [6.07, 6.45) is 3.49. The van der Waals surface area contributed by atoms with Crippen LogP contribution in [0.3, 0.4) is 0 Å². The highest BCUT2D eigenvalue weighted by molar-refractivity contribution is 6.31. The van der Waals surface area contributed by atoms with E-state index in [4.69, 9.17) is 11.6 Å². The molecule has 1 saturated carbocycles. The highest BCUT2D eigenvalue weighted by atomic mass is 35.5. The summed E-state index contributed by atoms with van der Waals surface area (Å²) in [6, 6.07) is 4.60. The second-order valence-electron chi connectivity index (χ2n) is 5.43. The maximum atomic E-state index is 13.0. The summed E-state index contributed by atoms with van der Waals surface area (Å²) in [6.45, 7) is 3.18. The van der Waals surface area contributed by atoms with Gasteiger partial charge in [0.2, 0.25) is 0 Å². The predicted octanol–water partition coefficient (Wildman–Crippen LogP) is 3.54. The minimum absolute atomic E-state index is 0.0908. The minimum Gasteiger partial charge on any atom is -0.396 e. The van der Waals surface area contributed by atoms with E-state index < -0.39 is 0 Å². The molecule has 4 heteroatoms. The maximum absolute atomic E-state index is 13.0. The SMILES string of the molecule is CC(NCC1CCCC1CO)c1ccc(F)cc1Cl. The summed E-state index contributed by atoms with van der Waals surface area (Å²) >= 11 is 6.06. The third kappa shape index (κ3) is 3.68. The zero-order valence-corrected chi connectivity index (χ0v) is 12.0. The molecule has 3 unspecified atom stereocenters. The van der Waals surface area contributed by atoms with Crippen molar-refractivity contribution >= 4 is 11.6 Å². The van der Waals surface area contributed by atoms with Crippen molar-refractivity contribution in [2.45, 2.75) is 32.2 Å². The monoisotopic (exact) mass is 285 g/mol. The van der Waals surface area contributed by atoms with E-state index in [1.54, 1.807) is 6.07 Å². The summed E-state index contributed by atoms with van der Waals surface area (Å²) < 4.78 is 13.0. The zero-order chi connectivity index (χ0) is 13.8. The van der Waals surface area contributed by atoms with Gasteiger partial charge in [0, 0.05) is 17.7 Å². The van der Waals surface area contributed by atoms with Gasteiger partial charge in [-0.2, -0.15) is 0 Å². The van der Waals surface area contributed by atoms with Gasteiger partial charge >= 0.3 is 0 Å². The normalized spacial score (nSPS) is 24.6. The molecule has 0 aliphatic heterocycles. The molecule has 2 N–H and O–H groups in total. The van der Waals surface area contributed by atoms with Crippen LogP contribution in [-0.4, -0.2) is 18.3 Å².